The number of nitrogens with two attached hydrogens (primary N) is 1. The van der Waals surface area contributed by atoms with E-state index in [1.165, 1.54) is 38.3 Å². The van der Waals surface area contributed by atoms with Crippen LogP contribution in [0.5, 0.6) is 5.75 Å². The fraction of sp³-hybridized carbons (Fsp3) is 0.390. The molecule has 0 radical (unpaired) electrons. The molecule has 1 saturated carbocycles. The van der Waals surface area contributed by atoms with Crippen molar-refractivity contribution in [1.29, 1.82) is 0 Å². The van der Waals surface area contributed by atoms with Crippen LogP contribution in [0, 0.1) is 5.92 Å². The Morgan fingerprint density at radius 3 is 2.34 bits per heavy atom. The van der Waals surface area contributed by atoms with Gasteiger partial charge in [0.25, 0.3) is 11.8 Å². The molecular weight excluding hydrogens is 720 g/mol. The molecule has 1 aromatic heterocycles. The van der Waals surface area contributed by atoms with Gasteiger partial charge in [0.05, 0.1) is 13.7 Å². The first-order valence-corrected chi connectivity index (χ1v) is 18.6. The number of nitrogens with zero attached hydrogens (tertiary/aromatic N) is 2. The summed E-state index contributed by atoms with van der Waals surface area (Å²) in [6, 6.07) is 12.1. The van der Waals surface area contributed by atoms with Crippen molar-refractivity contribution < 1.29 is 42.9 Å². The average molecular weight is 771 g/mol. The molecule has 15 nitrogen and oxygen atoms in total. The van der Waals surface area contributed by atoms with Gasteiger partial charge in [-0.3, -0.25) is 9.59 Å². The zero-order valence-electron chi connectivity index (χ0n) is 32.4. The third kappa shape index (κ3) is 12.4. The van der Waals surface area contributed by atoms with E-state index in [9.17, 15) is 24.0 Å². The SMILES string of the molecule is C=Cc1cc(C(=O)Nc2ccc(C(N)=NC(=O)OCCCCCC)cc2)c(-c2ccc(C(=O)NCC3CC3)nc2C(=O)OC(C)OC(=O)NC(C)C)cc1OC. The lowest BCUT2D eigenvalue weighted by molar-refractivity contribution is -0.0607. The molecule has 1 aliphatic rings. The summed E-state index contributed by atoms with van der Waals surface area (Å²) in [5, 5.41) is 8.22. The number of aliphatic imine (C=N–C) groups is 1. The third-order valence-corrected chi connectivity index (χ3v) is 8.52. The fourth-order valence-electron chi connectivity index (χ4n) is 5.41. The number of pyridine rings is 1. The van der Waals surface area contributed by atoms with Crippen molar-refractivity contribution in [2.75, 3.05) is 25.6 Å². The summed E-state index contributed by atoms with van der Waals surface area (Å²) in [5.41, 5.74) is 7.39. The monoisotopic (exact) mass is 770 g/mol. The molecule has 1 aliphatic carbocycles. The number of ether oxygens (including phenoxy) is 4. The summed E-state index contributed by atoms with van der Waals surface area (Å²) in [7, 11) is 1.44. The van der Waals surface area contributed by atoms with E-state index in [2.05, 4.69) is 39.4 Å². The molecule has 0 aliphatic heterocycles. The molecule has 56 heavy (non-hydrogen) atoms. The molecule has 0 saturated heterocycles. The van der Waals surface area contributed by atoms with Gasteiger partial charge in [0, 0.05) is 53.0 Å². The summed E-state index contributed by atoms with van der Waals surface area (Å²) >= 11 is 0. The van der Waals surface area contributed by atoms with Gasteiger partial charge < -0.3 is 40.6 Å². The van der Waals surface area contributed by atoms with Crippen molar-refractivity contribution in [3.8, 4) is 16.9 Å². The minimum atomic E-state index is -1.34. The zero-order chi connectivity index (χ0) is 40.8. The first-order chi connectivity index (χ1) is 26.8. The summed E-state index contributed by atoms with van der Waals surface area (Å²) in [4.78, 5) is 73.5. The minimum Gasteiger partial charge on any atom is -0.496 e. The van der Waals surface area contributed by atoms with Crippen molar-refractivity contribution >= 4 is 47.6 Å². The van der Waals surface area contributed by atoms with E-state index in [0.29, 0.717) is 35.0 Å². The Bertz CT molecular complexity index is 1940. The normalized spacial score (nSPS) is 12.9. The first-order valence-electron chi connectivity index (χ1n) is 18.6. The van der Waals surface area contributed by atoms with E-state index >= 15 is 0 Å². The Balaban J connectivity index is 1.65. The van der Waals surface area contributed by atoms with Crippen LogP contribution in [0.1, 0.15) is 109 Å². The number of alkyl carbamates (subject to hydrolysis) is 1. The lowest BCUT2D eigenvalue weighted by Crippen LogP contribution is -2.34. The molecule has 1 heterocycles. The minimum absolute atomic E-state index is 0.0497. The summed E-state index contributed by atoms with van der Waals surface area (Å²) in [6.45, 7) is 11.5. The van der Waals surface area contributed by atoms with Gasteiger partial charge >= 0.3 is 18.2 Å². The van der Waals surface area contributed by atoms with E-state index in [1.54, 1.807) is 44.2 Å². The maximum absolute atomic E-state index is 14.0. The topological polar surface area (TPSA) is 210 Å². The molecule has 2 aromatic carbocycles. The van der Waals surface area contributed by atoms with Crippen LogP contribution in [0.15, 0.2) is 60.1 Å². The number of benzene rings is 2. The third-order valence-electron chi connectivity index (χ3n) is 8.52. The Morgan fingerprint density at radius 2 is 1.70 bits per heavy atom. The molecular formula is C41H50N6O9. The number of carbonyl (C=O) groups is 5. The van der Waals surface area contributed by atoms with Crippen molar-refractivity contribution in [3.63, 3.8) is 0 Å². The maximum atomic E-state index is 14.0. The summed E-state index contributed by atoms with van der Waals surface area (Å²) in [6.07, 6.45) is 4.42. The summed E-state index contributed by atoms with van der Waals surface area (Å²) < 4.78 is 21.4. The molecule has 0 bridgehead atoms. The number of nitrogens with one attached hydrogen (secondary N) is 3. The van der Waals surface area contributed by atoms with Crippen LogP contribution in [0.25, 0.3) is 17.2 Å². The fourth-order valence-corrected chi connectivity index (χ4v) is 5.41. The van der Waals surface area contributed by atoms with Gasteiger partial charge in [0.15, 0.2) is 5.69 Å². The molecule has 4 rings (SSSR count). The highest BCUT2D eigenvalue weighted by molar-refractivity contribution is 6.11. The number of hydrogen-bond donors (Lipinski definition) is 4. The second kappa shape index (κ2) is 20.4. The Morgan fingerprint density at radius 1 is 0.964 bits per heavy atom. The zero-order valence-corrected chi connectivity index (χ0v) is 32.4. The predicted octanol–water partition coefficient (Wildman–Crippen LogP) is 6.85. The lowest BCUT2D eigenvalue weighted by atomic mass is 9.94. The number of carbonyl (C=O) groups excluding carboxylic acids is 5. The number of hydrogen-bond acceptors (Lipinski definition) is 10. The largest absolute Gasteiger partial charge is 0.496 e. The van der Waals surface area contributed by atoms with Crippen LogP contribution in [0.4, 0.5) is 15.3 Å². The molecule has 15 heteroatoms. The van der Waals surface area contributed by atoms with Crippen LogP contribution >= 0.6 is 0 Å². The van der Waals surface area contributed by atoms with Crippen LogP contribution in [-0.4, -0.2) is 73.4 Å². The van der Waals surface area contributed by atoms with Crippen molar-refractivity contribution in [2.45, 2.75) is 78.6 Å². The molecule has 4 amide bonds. The van der Waals surface area contributed by atoms with Crippen molar-refractivity contribution in [1.82, 2.24) is 15.6 Å². The molecule has 0 spiro atoms. The molecule has 1 atom stereocenters. The second-order valence-electron chi connectivity index (χ2n) is 13.5. The highest BCUT2D eigenvalue weighted by Gasteiger charge is 2.28. The first kappa shape index (κ1) is 42.5. The number of rotatable bonds is 18. The van der Waals surface area contributed by atoms with Crippen LogP contribution in [-0.2, 0) is 14.2 Å². The molecule has 298 valence electrons. The Kier molecular flexibility index (Phi) is 15.5. The number of aromatic nitrogens is 1. The van der Waals surface area contributed by atoms with E-state index in [-0.39, 0.29) is 46.6 Å². The van der Waals surface area contributed by atoms with Gasteiger partial charge in [-0.1, -0.05) is 38.8 Å². The maximum Gasteiger partial charge on any atom is 0.435 e. The van der Waals surface area contributed by atoms with E-state index in [1.807, 2.05) is 0 Å². The molecule has 5 N–H and O–H groups in total. The van der Waals surface area contributed by atoms with Gasteiger partial charge in [-0.2, -0.15) is 4.99 Å². The number of anilines is 1. The van der Waals surface area contributed by atoms with E-state index < -0.39 is 36.3 Å². The highest BCUT2D eigenvalue weighted by Crippen LogP contribution is 2.35. The Hall–Kier alpha value is -6.25. The highest BCUT2D eigenvalue weighted by atomic mass is 16.7. The standard InChI is InChI=1S/C41H50N6O9/c1-7-9-10-11-20-54-40(51)47-36(42)28-14-16-29(17-15-28)45-37(48)32-21-27(8-2)34(53-6)22-31(32)30-18-19-33(38(49)43-23-26-12-13-26)46-35(30)39(50)55-25(5)56-41(52)44-24(3)4/h8,14-19,21-22,24-26H,2,7,9-13,20,23H2,1,3-6H3,(H,43,49)(H,44,52)(H,45,48)(H2,42,47,51). The summed E-state index contributed by atoms with van der Waals surface area (Å²) in [5.74, 6) is -1.42. The van der Waals surface area contributed by atoms with Gasteiger partial charge in [-0.25, -0.2) is 19.4 Å². The van der Waals surface area contributed by atoms with Crippen LogP contribution < -0.4 is 26.4 Å². The average Bonchev–Trinajstić information content (AvgIpc) is 4.00. The molecule has 1 fully saturated rings. The lowest BCUT2D eigenvalue weighted by Gasteiger charge is -2.19. The molecule has 1 unspecified atom stereocenters. The van der Waals surface area contributed by atoms with Crippen molar-refractivity contribution in [2.24, 2.45) is 16.6 Å². The van der Waals surface area contributed by atoms with Gasteiger partial charge in [0.2, 0.25) is 6.29 Å². The quantitative estimate of drug-likeness (QED) is 0.0345. The number of unbranched alkanes of at least 4 members (excludes halogenated alkanes) is 3. The van der Waals surface area contributed by atoms with E-state index in [4.69, 9.17) is 24.7 Å². The second-order valence-corrected chi connectivity index (χ2v) is 13.5. The van der Waals surface area contributed by atoms with Gasteiger partial charge in [0.1, 0.15) is 17.3 Å². The van der Waals surface area contributed by atoms with Crippen LogP contribution in [0.3, 0.4) is 0 Å². The number of methoxy groups -OCH3 is 1. The van der Waals surface area contributed by atoms with E-state index in [0.717, 1.165) is 38.5 Å². The van der Waals surface area contributed by atoms with Gasteiger partial charge in [-0.15, -0.1) is 0 Å². The van der Waals surface area contributed by atoms with Crippen LogP contribution in [0.2, 0.25) is 0 Å². The predicted molar refractivity (Wildman–Crippen MR) is 212 cm³/mol. The molecule has 3 aromatic rings. The number of esters is 1. The smallest absolute Gasteiger partial charge is 0.435 e. The number of amidine groups is 1. The number of amides is 4. The van der Waals surface area contributed by atoms with Gasteiger partial charge in [-0.05, 0) is 87.6 Å². The van der Waals surface area contributed by atoms with Crippen molar-refractivity contribution in [3.05, 3.63) is 83.2 Å². The Labute approximate surface area is 326 Å².